The second kappa shape index (κ2) is 6.50. The zero-order valence-electron chi connectivity index (χ0n) is 10.9. The molecule has 5 heteroatoms. The topological polar surface area (TPSA) is 42.4 Å². The fourth-order valence-electron chi connectivity index (χ4n) is 1.85. The van der Waals surface area contributed by atoms with Crippen LogP contribution in [0.2, 0.25) is 0 Å². The van der Waals surface area contributed by atoms with Gasteiger partial charge in [-0.15, -0.1) is 11.3 Å². The summed E-state index contributed by atoms with van der Waals surface area (Å²) in [7, 11) is 0. The van der Waals surface area contributed by atoms with Crippen molar-refractivity contribution in [3.05, 3.63) is 43.8 Å². The quantitative estimate of drug-likeness (QED) is 0.898. The van der Waals surface area contributed by atoms with E-state index >= 15 is 0 Å². The summed E-state index contributed by atoms with van der Waals surface area (Å²) in [5, 5.41) is 12.5. The molecule has 0 unspecified atom stereocenters. The number of aromatic nitrogens is 1. The van der Waals surface area contributed by atoms with Crippen molar-refractivity contribution >= 4 is 27.3 Å². The number of aliphatic hydroxyl groups is 1. The maximum atomic E-state index is 9.39. The highest BCUT2D eigenvalue weighted by molar-refractivity contribution is 9.10. The number of nitrogens with zero attached hydrogens (tertiary/aromatic N) is 1. The van der Waals surface area contributed by atoms with E-state index in [1.54, 1.807) is 11.3 Å². The molecule has 102 valence electrons. The van der Waals surface area contributed by atoms with E-state index in [0.29, 0.717) is 6.61 Å². The second-order valence-electron chi connectivity index (χ2n) is 4.24. The van der Waals surface area contributed by atoms with Crippen LogP contribution in [-0.2, 0) is 19.6 Å². The second-order valence-corrected chi connectivity index (χ2v) is 6.10. The molecule has 2 aromatic rings. The van der Waals surface area contributed by atoms with E-state index < -0.39 is 0 Å². The highest BCUT2D eigenvalue weighted by atomic mass is 79.9. The fraction of sp³-hybridized carbons (Fsp3) is 0.357. The van der Waals surface area contributed by atoms with E-state index in [1.807, 2.05) is 24.4 Å². The molecule has 1 heterocycles. The number of ether oxygens (including phenoxy) is 1. The van der Waals surface area contributed by atoms with Gasteiger partial charge >= 0.3 is 0 Å². The number of hydrogen-bond acceptors (Lipinski definition) is 4. The maximum absolute atomic E-state index is 9.39. The van der Waals surface area contributed by atoms with Crippen molar-refractivity contribution in [1.29, 1.82) is 0 Å². The number of thiazole rings is 1. The van der Waals surface area contributed by atoms with Crippen molar-refractivity contribution < 1.29 is 9.84 Å². The lowest BCUT2D eigenvalue weighted by atomic mass is 10.1. The minimum absolute atomic E-state index is 0.0348. The predicted octanol–water partition coefficient (Wildman–Crippen LogP) is 3.85. The lowest BCUT2D eigenvalue weighted by Crippen LogP contribution is -2.01. The van der Waals surface area contributed by atoms with Crippen LogP contribution in [0.1, 0.15) is 28.8 Å². The largest absolute Gasteiger partial charge is 0.487 e. The van der Waals surface area contributed by atoms with Crippen LogP contribution >= 0.6 is 27.3 Å². The van der Waals surface area contributed by atoms with Crippen molar-refractivity contribution in [2.45, 2.75) is 33.5 Å². The third kappa shape index (κ3) is 3.55. The summed E-state index contributed by atoms with van der Waals surface area (Å²) >= 11 is 5.07. The van der Waals surface area contributed by atoms with Crippen LogP contribution < -0.4 is 4.74 Å². The van der Waals surface area contributed by atoms with Crippen LogP contribution in [0.4, 0.5) is 0 Å². The van der Waals surface area contributed by atoms with Crippen LogP contribution in [0.3, 0.4) is 0 Å². The van der Waals surface area contributed by atoms with Gasteiger partial charge in [-0.1, -0.05) is 22.9 Å². The summed E-state index contributed by atoms with van der Waals surface area (Å²) in [5.74, 6) is 0.747. The molecule has 1 N–H and O–H groups in total. The van der Waals surface area contributed by atoms with Gasteiger partial charge in [0.15, 0.2) is 0 Å². The van der Waals surface area contributed by atoms with E-state index in [4.69, 9.17) is 4.74 Å². The number of halogens is 1. The summed E-state index contributed by atoms with van der Waals surface area (Å²) in [6.07, 6.45) is 0.948. The van der Waals surface area contributed by atoms with Crippen molar-refractivity contribution in [3.8, 4) is 5.75 Å². The number of aryl methyl sites for hydroxylation is 2. The Morgan fingerprint density at radius 2 is 2.21 bits per heavy atom. The minimum atomic E-state index is -0.0348. The molecule has 0 aliphatic rings. The summed E-state index contributed by atoms with van der Waals surface area (Å²) < 4.78 is 6.77. The van der Waals surface area contributed by atoms with E-state index in [0.717, 1.165) is 38.5 Å². The first kappa shape index (κ1) is 14.5. The lowest BCUT2D eigenvalue weighted by Gasteiger charge is -2.12. The molecular formula is C14H16BrNO2S. The highest BCUT2D eigenvalue weighted by Gasteiger charge is 2.09. The molecule has 0 fully saturated rings. The summed E-state index contributed by atoms with van der Waals surface area (Å²) in [5.41, 5.74) is 2.73. The molecule has 0 saturated carbocycles. The first-order chi connectivity index (χ1) is 9.13. The molecule has 0 spiro atoms. The van der Waals surface area contributed by atoms with Crippen molar-refractivity contribution in [2.24, 2.45) is 0 Å². The molecule has 1 aromatic carbocycles. The van der Waals surface area contributed by atoms with E-state index in [1.165, 1.54) is 0 Å². The van der Waals surface area contributed by atoms with Crippen LogP contribution in [0.25, 0.3) is 0 Å². The van der Waals surface area contributed by atoms with Crippen LogP contribution in [0, 0.1) is 6.92 Å². The van der Waals surface area contributed by atoms with E-state index in [-0.39, 0.29) is 6.61 Å². The van der Waals surface area contributed by atoms with Crippen molar-refractivity contribution in [1.82, 2.24) is 4.98 Å². The minimum Gasteiger partial charge on any atom is -0.487 e. The Kier molecular flexibility index (Phi) is 4.96. The molecule has 1 aromatic heterocycles. The Bertz CT molecular complexity index is 569. The monoisotopic (exact) mass is 341 g/mol. The standard InChI is InChI=1S/C14H16BrNO2S/c1-3-13-16-12(8-19-13)7-18-14-9(2)4-11(15)5-10(14)6-17/h4-5,8,17H,3,6-7H2,1-2H3. The Labute approximate surface area is 125 Å². The normalized spacial score (nSPS) is 10.7. The molecule has 0 atom stereocenters. The maximum Gasteiger partial charge on any atom is 0.131 e. The molecule has 2 rings (SSSR count). The predicted molar refractivity (Wildman–Crippen MR) is 80.6 cm³/mol. The molecule has 0 saturated heterocycles. The molecule has 0 aliphatic heterocycles. The van der Waals surface area contributed by atoms with Crippen LogP contribution in [-0.4, -0.2) is 10.1 Å². The number of hydrogen-bond donors (Lipinski definition) is 1. The van der Waals surface area contributed by atoms with Gasteiger partial charge in [0, 0.05) is 15.4 Å². The smallest absolute Gasteiger partial charge is 0.131 e. The summed E-state index contributed by atoms with van der Waals surface area (Å²) in [6.45, 7) is 4.46. The van der Waals surface area contributed by atoms with Gasteiger partial charge in [-0.05, 0) is 31.0 Å². The Hall–Kier alpha value is -0.910. The first-order valence-corrected chi connectivity index (χ1v) is 7.77. The molecular weight excluding hydrogens is 326 g/mol. The van der Waals surface area contributed by atoms with Crippen molar-refractivity contribution in [3.63, 3.8) is 0 Å². The SMILES string of the molecule is CCc1nc(COc2c(C)cc(Br)cc2CO)cs1. The molecule has 0 aliphatic carbocycles. The van der Waals surface area contributed by atoms with Gasteiger partial charge in [-0.2, -0.15) is 0 Å². The highest BCUT2D eigenvalue weighted by Crippen LogP contribution is 2.29. The zero-order chi connectivity index (χ0) is 13.8. The first-order valence-electron chi connectivity index (χ1n) is 6.10. The van der Waals surface area contributed by atoms with E-state index in [2.05, 4.69) is 27.8 Å². The lowest BCUT2D eigenvalue weighted by molar-refractivity contribution is 0.256. The zero-order valence-corrected chi connectivity index (χ0v) is 13.3. The van der Waals surface area contributed by atoms with Gasteiger partial charge < -0.3 is 9.84 Å². The number of aliphatic hydroxyl groups excluding tert-OH is 1. The van der Waals surface area contributed by atoms with E-state index in [9.17, 15) is 5.11 Å². The van der Waals surface area contributed by atoms with Crippen molar-refractivity contribution in [2.75, 3.05) is 0 Å². The Morgan fingerprint density at radius 1 is 1.42 bits per heavy atom. The Morgan fingerprint density at radius 3 is 2.84 bits per heavy atom. The fourth-order valence-corrected chi connectivity index (χ4v) is 3.20. The molecule has 0 radical (unpaired) electrons. The van der Waals surface area contributed by atoms with Gasteiger partial charge in [-0.3, -0.25) is 0 Å². The van der Waals surface area contributed by atoms with Gasteiger partial charge in [0.25, 0.3) is 0 Å². The number of benzene rings is 1. The molecule has 19 heavy (non-hydrogen) atoms. The van der Waals surface area contributed by atoms with Crippen LogP contribution in [0.5, 0.6) is 5.75 Å². The average molecular weight is 342 g/mol. The number of rotatable bonds is 5. The summed E-state index contributed by atoms with van der Waals surface area (Å²) in [4.78, 5) is 4.47. The third-order valence-corrected chi connectivity index (χ3v) is 4.25. The summed E-state index contributed by atoms with van der Waals surface area (Å²) in [6, 6.07) is 3.86. The molecule has 3 nitrogen and oxygen atoms in total. The molecule has 0 amide bonds. The third-order valence-electron chi connectivity index (χ3n) is 2.75. The van der Waals surface area contributed by atoms with Gasteiger partial charge in [0.2, 0.25) is 0 Å². The Balaban J connectivity index is 2.14. The van der Waals surface area contributed by atoms with Gasteiger partial charge in [0.1, 0.15) is 12.4 Å². The molecule has 0 bridgehead atoms. The van der Waals surface area contributed by atoms with Gasteiger partial charge in [-0.25, -0.2) is 4.98 Å². The average Bonchev–Trinajstić information content (AvgIpc) is 2.84. The van der Waals surface area contributed by atoms with Crippen LogP contribution in [0.15, 0.2) is 22.0 Å². The van der Waals surface area contributed by atoms with Gasteiger partial charge in [0.05, 0.1) is 17.3 Å².